The summed E-state index contributed by atoms with van der Waals surface area (Å²) in [5, 5.41) is 8.81. The molecule has 0 aromatic carbocycles. The third kappa shape index (κ3) is 8.95. The van der Waals surface area contributed by atoms with Gasteiger partial charge in [0.15, 0.2) is 0 Å². The maximum Gasteiger partial charge on any atom is 0.289 e. The molecule has 1 aromatic rings. The zero-order valence-electron chi connectivity index (χ0n) is 29.7. The van der Waals surface area contributed by atoms with E-state index in [0.29, 0.717) is 29.1 Å². The smallest absolute Gasteiger partial charge is 0.289 e. The van der Waals surface area contributed by atoms with Gasteiger partial charge in [0, 0.05) is 30.6 Å². The number of carbonyl (C=O) groups is 5. The third-order valence-corrected chi connectivity index (χ3v) is 10.3. The summed E-state index contributed by atoms with van der Waals surface area (Å²) in [5.74, 6) is -2.11. The molecule has 3 heterocycles. The minimum atomic E-state index is -1.14. The first kappa shape index (κ1) is 37.5. The molecule has 0 unspecified atom stereocenters. The summed E-state index contributed by atoms with van der Waals surface area (Å²) < 4.78 is 5.18. The van der Waals surface area contributed by atoms with Crippen molar-refractivity contribution < 1.29 is 33.5 Å². The molecule has 274 valence electrons. The van der Waals surface area contributed by atoms with Crippen molar-refractivity contribution in [1.82, 2.24) is 31.3 Å². The van der Waals surface area contributed by atoms with E-state index in [-0.39, 0.29) is 43.1 Å². The number of hydrogen-bond acceptors (Lipinski definition) is 9. The van der Waals surface area contributed by atoms with Gasteiger partial charge in [0.25, 0.3) is 5.91 Å². The van der Waals surface area contributed by atoms with Crippen LogP contribution in [0.5, 0.6) is 5.88 Å². The van der Waals surface area contributed by atoms with E-state index in [4.69, 9.17) is 21.2 Å². The predicted molar refractivity (Wildman–Crippen MR) is 186 cm³/mol. The van der Waals surface area contributed by atoms with Gasteiger partial charge in [-0.3, -0.25) is 34.3 Å². The fourth-order valence-corrected chi connectivity index (χ4v) is 7.29. The second kappa shape index (κ2) is 15.7. The molecule has 4 N–H and O–H groups in total. The summed E-state index contributed by atoms with van der Waals surface area (Å²) in [6, 6.07) is -1.42. The molecule has 3 fully saturated rings. The Kier molecular flexibility index (Phi) is 11.8. The normalized spacial score (nSPS) is 23.4. The zero-order chi connectivity index (χ0) is 36.2. The lowest BCUT2D eigenvalue weighted by Crippen LogP contribution is -2.59. The number of hydroxylamine groups is 1. The average Bonchev–Trinajstić information content (AvgIpc) is 3.67. The molecule has 1 saturated heterocycles. The van der Waals surface area contributed by atoms with Crippen molar-refractivity contribution in [2.24, 2.45) is 11.3 Å². The average molecular weight is 715 g/mol. The number of carbonyl (C=O) groups excluding carboxylic acids is 5. The minimum absolute atomic E-state index is 0.0151. The molecular formula is C36H51ClN6O7. The summed E-state index contributed by atoms with van der Waals surface area (Å²) in [5.41, 5.74) is 2.24. The van der Waals surface area contributed by atoms with Crippen LogP contribution in [0.2, 0.25) is 5.02 Å². The maximum atomic E-state index is 14.6. The number of amides is 4. The standard InChI is InChI=1S/C36H51ClN6O7/c1-6-10-25(29(45)32(47)39-23-13-14-23)40-31(46)27-18-36(17-26(42-50-36)22-16-24(37)33(49-5)38-19-22)20-43(27)34(48)30(35(2,3)4)41-28(44)15-21-11-8-7-9-12-21/h16-17,19,21,23,25,27,30,42H,6-15,18,20H2,1-5H3,(H,39,47)(H,40,46)(H,41,44)/t25-,27-,30+,36+/m0/s1. The van der Waals surface area contributed by atoms with Crippen molar-refractivity contribution >= 4 is 46.7 Å². The van der Waals surface area contributed by atoms with Gasteiger partial charge in [-0.05, 0) is 55.6 Å². The molecule has 2 aliphatic carbocycles. The van der Waals surface area contributed by atoms with Crippen molar-refractivity contribution in [1.29, 1.82) is 0 Å². The van der Waals surface area contributed by atoms with E-state index in [0.717, 1.165) is 38.5 Å². The number of nitrogens with one attached hydrogen (secondary N) is 4. The fourth-order valence-electron chi connectivity index (χ4n) is 7.04. The van der Waals surface area contributed by atoms with Gasteiger partial charge in [-0.15, -0.1) is 0 Å². The highest BCUT2D eigenvalue weighted by Crippen LogP contribution is 2.39. The van der Waals surface area contributed by atoms with Crippen molar-refractivity contribution in [2.45, 2.75) is 128 Å². The number of likely N-dealkylation sites (tertiary alicyclic amines) is 1. The highest BCUT2D eigenvalue weighted by molar-refractivity contribution is 6.38. The lowest BCUT2D eigenvalue weighted by Gasteiger charge is -2.36. The number of hydrogen-bond donors (Lipinski definition) is 4. The Labute approximate surface area is 299 Å². The van der Waals surface area contributed by atoms with E-state index in [1.807, 2.05) is 27.7 Å². The van der Waals surface area contributed by atoms with Gasteiger partial charge in [0.2, 0.25) is 29.4 Å². The summed E-state index contributed by atoms with van der Waals surface area (Å²) in [6.07, 6.45) is 11.5. The van der Waals surface area contributed by atoms with E-state index in [2.05, 4.69) is 26.4 Å². The molecule has 4 atom stereocenters. The Balaban J connectivity index is 1.42. The Morgan fingerprint density at radius 2 is 1.84 bits per heavy atom. The third-order valence-electron chi connectivity index (χ3n) is 9.99. The van der Waals surface area contributed by atoms with Gasteiger partial charge < -0.3 is 25.6 Å². The first-order valence-electron chi connectivity index (χ1n) is 17.8. The quantitative estimate of drug-likeness (QED) is 0.223. The summed E-state index contributed by atoms with van der Waals surface area (Å²) in [6.45, 7) is 7.46. The van der Waals surface area contributed by atoms with Gasteiger partial charge in [-0.25, -0.2) is 4.98 Å². The number of nitrogens with zero attached hydrogens (tertiary/aromatic N) is 2. The summed E-state index contributed by atoms with van der Waals surface area (Å²) >= 11 is 6.34. The minimum Gasteiger partial charge on any atom is -0.480 e. The van der Waals surface area contributed by atoms with E-state index in [1.54, 1.807) is 18.3 Å². The Morgan fingerprint density at radius 3 is 2.46 bits per heavy atom. The molecule has 13 nitrogen and oxygen atoms in total. The van der Waals surface area contributed by atoms with E-state index in [9.17, 15) is 24.0 Å². The second-order valence-corrected chi connectivity index (χ2v) is 15.7. The predicted octanol–water partition coefficient (Wildman–Crippen LogP) is 3.59. The number of methoxy groups -OCH3 is 1. The monoisotopic (exact) mass is 714 g/mol. The Hall–Kier alpha value is -3.71. The van der Waals surface area contributed by atoms with Gasteiger partial charge >= 0.3 is 0 Å². The molecule has 4 aliphatic rings. The molecule has 0 bridgehead atoms. The van der Waals surface area contributed by atoms with Gasteiger partial charge in [-0.2, -0.15) is 0 Å². The van der Waals surface area contributed by atoms with E-state index in [1.165, 1.54) is 18.4 Å². The first-order valence-corrected chi connectivity index (χ1v) is 18.2. The first-order chi connectivity index (χ1) is 23.7. The van der Waals surface area contributed by atoms with Crippen molar-refractivity contribution in [2.75, 3.05) is 13.7 Å². The van der Waals surface area contributed by atoms with Crippen LogP contribution in [-0.2, 0) is 28.8 Å². The van der Waals surface area contributed by atoms with Crippen LogP contribution in [0.25, 0.3) is 5.70 Å². The summed E-state index contributed by atoms with van der Waals surface area (Å²) in [7, 11) is 1.47. The van der Waals surface area contributed by atoms with Crippen LogP contribution in [0, 0.1) is 11.3 Å². The lowest BCUT2D eigenvalue weighted by molar-refractivity contribution is -0.145. The number of rotatable bonds is 13. The maximum absolute atomic E-state index is 14.6. The molecule has 0 radical (unpaired) electrons. The number of aromatic nitrogens is 1. The molecule has 5 rings (SSSR count). The van der Waals surface area contributed by atoms with Crippen LogP contribution in [0.3, 0.4) is 0 Å². The SMILES string of the molecule is CCC[C@H](NC(=O)[C@@H]1C[C@]2(C=C(c3cnc(OC)c(Cl)c3)NO2)CN1C(=O)[C@@H](NC(=O)CC1CCCCC1)C(C)(C)C)C(=O)C(=O)NC1CC1. The van der Waals surface area contributed by atoms with Crippen LogP contribution in [-0.4, -0.2) is 82.7 Å². The number of ketones is 1. The molecule has 4 amide bonds. The Bertz CT molecular complexity index is 1500. The van der Waals surface area contributed by atoms with E-state index < -0.39 is 52.6 Å². The van der Waals surface area contributed by atoms with E-state index >= 15 is 0 Å². The van der Waals surface area contributed by atoms with Gasteiger partial charge in [-0.1, -0.05) is 65.0 Å². The molecule has 2 aliphatic heterocycles. The number of Topliss-reactive ketones (excluding diaryl/α,β-unsaturated/α-hetero) is 1. The molecule has 50 heavy (non-hydrogen) atoms. The van der Waals surface area contributed by atoms with Crippen molar-refractivity contribution in [3.63, 3.8) is 0 Å². The molecule has 1 spiro atoms. The van der Waals surface area contributed by atoms with Gasteiger partial charge in [0.05, 0.1) is 25.4 Å². The van der Waals surface area contributed by atoms with Crippen LogP contribution < -0.4 is 26.2 Å². The second-order valence-electron chi connectivity index (χ2n) is 15.3. The molecule has 2 saturated carbocycles. The lowest BCUT2D eigenvalue weighted by atomic mass is 9.84. The molecule has 14 heteroatoms. The number of ether oxygens (including phenoxy) is 1. The highest BCUT2D eigenvalue weighted by atomic mass is 35.5. The van der Waals surface area contributed by atoms with Crippen molar-refractivity contribution in [3.05, 3.63) is 28.9 Å². The number of pyridine rings is 1. The van der Waals surface area contributed by atoms with Gasteiger partial charge in [0.1, 0.15) is 22.7 Å². The van der Waals surface area contributed by atoms with Crippen LogP contribution >= 0.6 is 11.6 Å². The van der Waals surface area contributed by atoms with Crippen LogP contribution in [0.1, 0.15) is 104 Å². The number of halogens is 1. The van der Waals surface area contributed by atoms with Crippen molar-refractivity contribution in [3.8, 4) is 5.88 Å². The molecular weight excluding hydrogens is 664 g/mol. The highest BCUT2D eigenvalue weighted by Gasteiger charge is 2.54. The summed E-state index contributed by atoms with van der Waals surface area (Å²) in [4.78, 5) is 79.8. The van der Waals surface area contributed by atoms with Crippen LogP contribution in [0.4, 0.5) is 0 Å². The zero-order valence-corrected chi connectivity index (χ0v) is 30.5. The Morgan fingerprint density at radius 1 is 1.12 bits per heavy atom. The largest absolute Gasteiger partial charge is 0.480 e. The van der Waals surface area contributed by atoms with Crippen LogP contribution in [0.15, 0.2) is 18.3 Å². The fraction of sp³-hybridized carbons (Fsp3) is 0.667. The topological polar surface area (TPSA) is 168 Å². The molecule has 1 aromatic heterocycles.